The number of rotatable bonds is 6. The summed E-state index contributed by atoms with van der Waals surface area (Å²) in [7, 11) is 2.00. The number of amides is 1. The number of hydrogen-bond acceptors (Lipinski definition) is 9. The van der Waals surface area contributed by atoms with Gasteiger partial charge in [0.1, 0.15) is 16.5 Å². The predicted molar refractivity (Wildman–Crippen MR) is 166 cm³/mol. The van der Waals surface area contributed by atoms with Gasteiger partial charge in [-0.15, -0.1) is 0 Å². The second-order valence-electron chi connectivity index (χ2n) is 12.5. The van der Waals surface area contributed by atoms with Gasteiger partial charge in [0.05, 0.1) is 24.0 Å². The number of aliphatic hydroxyl groups excluding tert-OH is 1. The number of carbonyl (C=O) groups excluding carboxylic acids is 1. The van der Waals surface area contributed by atoms with Gasteiger partial charge in [0.15, 0.2) is 10.9 Å². The van der Waals surface area contributed by atoms with Crippen LogP contribution in [0.4, 0.5) is 20.9 Å². The van der Waals surface area contributed by atoms with Crippen LogP contribution in [0.25, 0.3) is 10.9 Å². The third-order valence-corrected chi connectivity index (χ3v) is 10.7. The Morgan fingerprint density at radius 2 is 1.88 bits per heavy atom. The van der Waals surface area contributed by atoms with Crippen LogP contribution >= 0.6 is 11.3 Å². The number of β-amino-alcohol motifs (C(OH)–C–C–N with tert-alkyl or cyclic N) is 1. The minimum Gasteiger partial charge on any atom is -0.389 e. The van der Waals surface area contributed by atoms with Crippen molar-refractivity contribution < 1.29 is 14.3 Å². The van der Waals surface area contributed by atoms with Crippen LogP contribution in [-0.2, 0) is 17.6 Å². The summed E-state index contributed by atoms with van der Waals surface area (Å²) in [5, 5.41) is 21.0. The first-order chi connectivity index (χ1) is 20.9. The number of thiazole rings is 1. The molecule has 2 aliphatic heterocycles. The second kappa shape index (κ2) is 11.6. The van der Waals surface area contributed by atoms with Gasteiger partial charge in [-0.2, -0.15) is 5.26 Å². The van der Waals surface area contributed by atoms with Gasteiger partial charge in [0.2, 0.25) is 5.91 Å². The van der Waals surface area contributed by atoms with E-state index in [1.165, 1.54) is 30.6 Å². The average Bonchev–Trinajstić information content (AvgIpc) is 3.66. The number of carbonyl (C=O) groups is 1. The first kappa shape index (κ1) is 28.4. The Balaban J connectivity index is 1.18. The molecule has 0 bridgehead atoms. The fourth-order valence-corrected chi connectivity index (χ4v) is 8.17. The summed E-state index contributed by atoms with van der Waals surface area (Å²) in [6.45, 7) is 3.97. The molecule has 3 fully saturated rings. The van der Waals surface area contributed by atoms with Crippen molar-refractivity contribution in [2.45, 2.75) is 63.4 Å². The first-order valence-corrected chi connectivity index (χ1v) is 16.4. The normalized spacial score (nSPS) is 19.9. The molecule has 4 heterocycles. The zero-order valence-electron chi connectivity index (χ0n) is 24.7. The largest absolute Gasteiger partial charge is 0.389 e. The topological polar surface area (TPSA) is 99.8 Å². The Morgan fingerprint density at radius 1 is 1.12 bits per heavy atom. The number of aliphatic hydroxyl groups is 1. The zero-order chi connectivity index (χ0) is 29.7. The van der Waals surface area contributed by atoms with Crippen LogP contribution in [0.1, 0.15) is 66.3 Å². The maximum atomic E-state index is 15.9. The molecule has 11 heteroatoms. The maximum absolute atomic E-state index is 15.9. The molecule has 0 spiro atoms. The Labute approximate surface area is 255 Å². The first-order valence-electron chi connectivity index (χ1n) is 15.6. The van der Waals surface area contributed by atoms with E-state index in [9.17, 15) is 15.2 Å². The van der Waals surface area contributed by atoms with Gasteiger partial charge in [-0.25, -0.2) is 14.4 Å². The van der Waals surface area contributed by atoms with Crippen molar-refractivity contribution in [3.05, 3.63) is 39.8 Å². The number of aryl methyl sites for hydroxylation is 1. The standard InChI is InChI=1S/C32H38FN7O2S/c1-37(32-36-29(27(16-34)43-32)20-6-3-2-4-7-20)31-23-8-5-9-26(23)35-30-24(31)14-21(15-25(30)33)39-12-10-38(11-13-39)19-28(42)40-17-22(41)18-40/h14-15,20,22,41H,2-13,17-19H2,1H3. The molecule has 4 aliphatic rings. The van der Waals surface area contributed by atoms with E-state index in [0.29, 0.717) is 62.1 Å². The van der Waals surface area contributed by atoms with Crippen molar-refractivity contribution in [1.82, 2.24) is 19.8 Å². The van der Waals surface area contributed by atoms with Crippen molar-refractivity contribution in [2.75, 3.05) is 62.7 Å². The van der Waals surface area contributed by atoms with Crippen LogP contribution < -0.4 is 9.80 Å². The summed E-state index contributed by atoms with van der Waals surface area (Å²) in [6.07, 6.45) is 8.06. The van der Waals surface area contributed by atoms with Gasteiger partial charge in [-0.3, -0.25) is 9.69 Å². The van der Waals surface area contributed by atoms with Crippen LogP contribution in [0.15, 0.2) is 12.1 Å². The van der Waals surface area contributed by atoms with Crippen LogP contribution in [0.2, 0.25) is 0 Å². The molecule has 1 saturated carbocycles. The second-order valence-corrected chi connectivity index (χ2v) is 13.5. The highest BCUT2D eigenvalue weighted by Gasteiger charge is 2.32. The number of anilines is 3. The van der Waals surface area contributed by atoms with Crippen molar-refractivity contribution >= 4 is 44.7 Å². The average molecular weight is 604 g/mol. The van der Waals surface area contributed by atoms with E-state index in [4.69, 9.17) is 9.97 Å². The molecule has 1 aromatic carbocycles. The molecular formula is C32H38FN7O2S. The molecule has 0 atom stereocenters. The third kappa shape index (κ3) is 5.34. The molecule has 0 unspecified atom stereocenters. The number of benzene rings is 1. The van der Waals surface area contributed by atoms with E-state index in [2.05, 4.69) is 26.8 Å². The van der Waals surface area contributed by atoms with Crippen LogP contribution in [0.5, 0.6) is 0 Å². The molecule has 1 N–H and O–H groups in total. The maximum Gasteiger partial charge on any atom is 0.236 e. The fourth-order valence-electron chi connectivity index (χ4n) is 7.25. The summed E-state index contributed by atoms with van der Waals surface area (Å²) >= 11 is 1.44. The summed E-state index contributed by atoms with van der Waals surface area (Å²) in [4.78, 5) is 31.1. The predicted octanol–water partition coefficient (Wildman–Crippen LogP) is 4.33. The van der Waals surface area contributed by atoms with Crippen LogP contribution in [0, 0.1) is 17.1 Å². The third-order valence-electron chi connectivity index (χ3n) is 9.69. The van der Waals surface area contributed by atoms with Crippen molar-refractivity contribution in [2.24, 2.45) is 0 Å². The van der Waals surface area contributed by atoms with Crippen molar-refractivity contribution in [3.63, 3.8) is 0 Å². The molecule has 1 amide bonds. The number of halogens is 1. The number of fused-ring (bicyclic) bond motifs is 2. The number of piperazine rings is 1. The molecule has 226 valence electrons. The molecular weight excluding hydrogens is 565 g/mol. The highest BCUT2D eigenvalue weighted by Crippen LogP contribution is 2.44. The molecule has 43 heavy (non-hydrogen) atoms. The van der Waals surface area contributed by atoms with Gasteiger partial charge < -0.3 is 19.8 Å². The Kier molecular flexibility index (Phi) is 7.70. The summed E-state index contributed by atoms with van der Waals surface area (Å²) in [5.41, 5.74) is 5.19. The summed E-state index contributed by atoms with van der Waals surface area (Å²) in [6, 6.07) is 6.08. The summed E-state index contributed by atoms with van der Waals surface area (Å²) < 4.78 is 15.9. The number of likely N-dealkylation sites (tertiary alicyclic amines) is 1. The molecule has 3 aromatic rings. The highest BCUT2D eigenvalue weighted by atomic mass is 32.1. The van der Waals surface area contributed by atoms with E-state index in [1.807, 2.05) is 7.05 Å². The smallest absolute Gasteiger partial charge is 0.236 e. The van der Waals surface area contributed by atoms with E-state index < -0.39 is 6.10 Å². The minimum absolute atomic E-state index is 0.0523. The van der Waals surface area contributed by atoms with E-state index >= 15 is 4.39 Å². The van der Waals surface area contributed by atoms with Gasteiger partial charge in [0, 0.05) is 69.0 Å². The number of hydrogen-bond donors (Lipinski definition) is 1. The summed E-state index contributed by atoms with van der Waals surface area (Å²) in [5.74, 6) is 0.0549. The molecule has 9 nitrogen and oxygen atoms in total. The van der Waals surface area contributed by atoms with Gasteiger partial charge in [0.25, 0.3) is 0 Å². The van der Waals surface area contributed by atoms with E-state index in [0.717, 1.165) is 70.9 Å². The number of pyridine rings is 1. The minimum atomic E-state index is -0.397. The lowest BCUT2D eigenvalue weighted by Gasteiger charge is -2.40. The van der Waals surface area contributed by atoms with E-state index in [-0.39, 0.29) is 11.7 Å². The molecule has 7 rings (SSSR count). The van der Waals surface area contributed by atoms with Crippen molar-refractivity contribution in [3.8, 4) is 6.07 Å². The SMILES string of the molecule is CN(c1nc(C2CCCCC2)c(C#N)s1)c1c2c(nc3c(F)cc(N4CCN(CC(=O)N5CC(O)C5)CC4)cc13)CCC2. The molecule has 2 saturated heterocycles. The van der Waals surface area contributed by atoms with Gasteiger partial charge >= 0.3 is 0 Å². The number of aromatic nitrogens is 2. The lowest BCUT2D eigenvalue weighted by Crippen LogP contribution is -2.57. The quantitative estimate of drug-likeness (QED) is 0.445. The molecule has 0 radical (unpaired) electrons. The van der Waals surface area contributed by atoms with Gasteiger partial charge in [-0.1, -0.05) is 30.6 Å². The fraction of sp³-hybridized carbons (Fsp3) is 0.562. The van der Waals surface area contributed by atoms with E-state index in [1.54, 1.807) is 11.0 Å². The van der Waals surface area contributed by atoms with Crippen LogP contribution in [0.3, 0.4) is 0 Å². The lowest BCUT2D eigenvalue weighted by molar-refractivity contribution is -0.142. The monoisotopic (exact) mass is 603 g/mol. The zero-order valence-corrected chi connectivity index (χ0v) is 25.5. The van der Waals surface area contributed by atoms with Crippen molar-refractivity contribution in [1.29, 1.82) is 5.26 Å². The lowest BCUT2D eigenvalue weighted by atomic mass is 9.86. The number of nitriles is 1. The Bertz CT molecular complexity index is 1580. The van der Waals surface area contributed by atoms with Gasteiger partial charge in [-0.05, 0) is 49.8 Å². The van der Waals surface area contributed by atoms with Crippen LogP contribution in [-0.4, -0.2) is 89.7 Å². The highest BCUT2D eigenvalue weighted by molar-refractivity contribution is 7.16. The molecule has 2 aromatic heterocycles. The Morgan fingerprint density at radius 3 is 2.60 bits per heavy atom. The Hall–Kier alpha value is -3.33. The molecule has 2 aliphatic carbocycles. The number of nitrogens with zero attached hydrogens (tertiary/aromatic N) is 7.